The molecule has 0 radical (unpaired) electrons. The van der Waals surface area contributed by atoms with Gasteiger partial charge in [0.2, 0.25) is 0 Å². The van der Waals surface area contributed by atoms with Crippen LogP contribution in [0.15, 0.2) is 63.7 Å². The lowest BCUT2D eigenvalue weighted by atomic mass is 10.1. The van der Waals surface area contributed by atoms with Crippen molar-refractivity contribution in [1.29, 1.82) is 0 Å². The van der Waals surface area contributed by atoms with Crippen LogP contribution in [-0.2, 0) is 9.59 Å². The van der Waals surface area contributed by atoms with Crippen molar-refractivity contribution in [2.24, 2.45) is 0 Å². The Hall–Kier alpha value is -2.64. The van der Waals surface area contributed by atoms with Crippen molar-refractivity contribution in [1.82, 2.24) is 4.90 Å². The Labute approximate surface area is 194 Å². The minimum Gasteiger partial charge on any atom is -0.350 e. The molecule has 31 heavy (non-hydrogen) atoms. The molecule has 0 atom stereocenters. The summed E-state index contributed by atoms with van der Waals surface area (Å²) in [5, 5.41) is 2.76. The highest BCUT2D eigenvalue weighted by atomic mass is 79.9. The topological polar surface area (TPSA) is 69.7 Å². The number of benzene rings is 2. The predicted molar refractivity (Wildman–Crippen MR) is 124 cm³/mol. The van der Waals surface area contributed by atoms with Gasteiger partial charge < -0.3 is 10.2 Å². The van der Waals surface area contributed by atoms with Gasteiger partial charge in [-0.15, -0.1) is 0 Å². The lowest BCUT2D eigenvalue weighted by Crippen LogP contribution is -2.32. The number of amides is 3. The summed E-state index contributed by atoms with van der Waals surface area (Å²) >= 11 is 9.55. The average molecular weight is 503 g/mol. The van der Waals surface area contributed by atoms with Crippen molar-refractivity contribution in [3.8, 4) is 0 Å². The normalized spacial score (nSPS) is 17.2. The Bertz CT molecular complexity index is 1060. The molecule has 0 aromatic heterocycles. The summed E-state index contributed by atoms with van der Waals surface area (Å²) in [6, 6.07) is 13.7. The van der Waals surface area contributed by atoms with Crippen molar-refractivity contribution in [2.45, 2.75) is 25.7 Å². The third kappa shape index (κ3) is 4.52. The van der Waals surface area contributed by atoms with Gasteiger partial charge >= 0.3 is 0 Å². The smallest absolute Gasteiger partial charge is 0.283 e. The maximum atomic E-state index is 12.9. The van der Waals surface area contributed by atoms with Crippen molar-refractivity contribution >= 4 is 56.6 Å². The summed E-state index contributed by atoms with van der Waals surface area (Å²) < 4.78 is 0.832. The quantitative estimate of drug-likeness (QED) is 0.604. The van der Waals surface area contributed by atoms with Crippen LogP contribution in [0.1, 0.15) is 36.0 Å². The van der Waals surface area contributed by atoms with Crippen molar-refractivity contribution in [2.75, 3.05) is 23.3 Å². The number of likely N-dealkylation sites (tertiary alicyclic amines) is 1. The minimum absolute atomic E-state index is 0.00560. The molecule has 0 unspecified atom stereocenters. The first-order chi connectivity index (χ1) is 15.0. The fourth-order valence-corrected chi connectivity index (χ4v) is 4.24. The minimum atomic E-state index is -0.590. The third-order valence-corrected chi connectivity index (χ3v) is 6.26. The summed E-state index contributed by atoms with van der Waals surface area (Å²) in [5.41, 5.74) is 1.48. The van der Waals surface area contributed by atoms with E-state index in [1.807, 2.05) is 4.90 Å². The number of hydrogen-bond donors (Lipinski definition) is 1. The first-order valence-corrected chi connectivity index (χ1v) is 11.3. The second-order valence-electron chi connectivity index (χ2n) is 7.52. The number of anilines is 2. The van der Waals surface area contributed by atoms with Gasteiger partial charge in [-0.2, -0.15) is 0 Å². The number of carbonyl (C=O) groups excluding carboxylic acids is 3. The molecule has 2 aromatic rings. The van der Waals surface area contributed by atoms with Crippen LogP contribution in [-0.4, -0.2) is 35.7 Å². The second kappa shape index (κ2) is 9.24. The van der Waals surface area contributed by atoms with Gasteiger partial charge in [0.1, 0.15) is 10.7 Å². The highest BCUT2D eigenvalue weighted by Crippen LogP contribution is 2.31. The van der Waals surface area contributed by atoms with Crippen LogP contribution in [0.25, 0.3) is 0 Å². The van der Waals surface area contributed by atoms with Crippen LogP contribution in [0.2, 0.25) is 0 Å². The lowest BCUT2D eigenvalue weighted by molar-refractivity contribution is -0.120. The van der Waals surface area contributed by atoms with Crippen LogP contribution < -0.4 is 10.2 Å². The summed E-state index contributed by atoms with van der Waals surface area (Å²) in [4.78, 5) is 41.4. The maximum Gasteiger partial charge on any atom is 0.283 e. The number of rotatable bonds is 4. The summed E-state index contributed by atoms with van der Waals surface area (Å²) in [6.07, 6.45) is 4.30. The van der Waals surface area contributed by atoms with Gasteiger partial charge in [0.25, 0.3) is 17.7 Å². The number of nitrogens with zero attached hydrogens (tertiary/aromatic N) is 2. The molecule has 1 saturated heterocycles. The fourth-order valence-electron chi connectivity index (χ4n) is 3.77. The lowest BCUT2D eigenvalue weighted by Gasteiger charge is -2.20. The van der Waals surface area contributed by atoms with Crippen LogP contribution in [0.3, 0.4) is 0 Å². The highest BCUT2D eigenvalue weighted by molar-refractivity contribution is 9.10. The van der Waals surface area contributed by atoms with E-state index in [0.717, 1.165) is 48.1 Å². The molecule has 2 aliphatic rings. The second-order valence-corrected chi connectivity index (χ2v) is 8.82. The molecule has 4 rings (SSSR count). The Morgan fingerprint density at radius 3 is 2.29 bits per heavy atom. The van der Waals surface area contributed by atoms with Crippen LogP contribution in [0.4, 0.5) is 11.4 Å². The molecular formula is C23H21BrClN3O3. The van der Waals surface area contributed by atoms with Gasteiger partial charge in [-0.1, -0.05) is 46.4 Å². The molecule has 2 heterocycles. The molecule has 2 aliphatic heterocycles. The Kier molecular flexibility index (Phi) is 6.43. The van der Waals surface area contributed by atoms with Crippen LogP contribution in [0.5, 0.6) is 0 Å². The molecule has 0 saturated carbocycles. The van der Waals surface area contributed by atoms with Gasteiger partial charge in [0.15, 0.2) is 0 Å². The molecular weight excluding hydrogens is 482 g/mol. The van der Waals surface area contributed by atoms with Gasteiger partial charge in [0.05, 0.1) is 5.69 Å². The van der Waals surface area contributed by atoms with Crippen LogP contribution in [0, 0.1) is 0 Å². The molecule has 3 amide bonds. The van der Waals surface area contributed by atoms with Gasteiger partial charge in [0, 0.05) is 28.8 Å². The van der Waals surface area contributed by atoms with Crippen molar-refractivity contribution < 1.29 is 14.4 Å². The van der Waals surface area contributed by atoms with Gasteiger partial charge in [-0.05, 0) is 55.3 Å². The first-order valence-electron chi connectivity index (χ1n) is 10.2. The monoisotopic (exact) mass is 501 g/mol. The van der Waals surface area contributed by atoms with E-state index in [4.69, 9.17) is 11.6 Å². The molecule has 1 N–H and O–H groups in total. The number of halogens is 2. The van der Waals surface area contributed by atoms with E-state index in [0.29, 0.717) is 16.9 Å². The Morgan fingerprint density at radius 1 is 0.935 bits per heavy atom. The number of nitrogens with one attached hydrogen (secondary N) is 1. The first kappa shape index (κ1) is 21.6. The number of imide groups is 1. The summed E-state index contributed by atoms with van der Waals surface area (Å²) in [5.74, 6) is -1.16. The van der Waals surface area contributed by atoms with E-state index in [-0.39, 0.29) is 16.6 Å². The molecule has 0 aliphatic carbocycles. The zero-order valence-electron chi connectivity index (χ0n) is 16.7. The van der Waals surface area contributed by atoms with Gasteiger partial charge in [-0.25, -0.2) is 4.90 Å². The van der Waals surface area contributed by atoms with E-state index in [1.54, 1.807) is 48.5 Å². The van der Waals surface area contributed by atoms with E-state index >= 15 is 0 Å². The maximum absolute atomic E-state index is 12.9. The molecule has 160 valence electrons. The zero-order valence-corrected chi connectivity index (χ0v) is 19.1. The Balaban J connectivity index is 1.54. The SMILES string of the molecule is O=C(c1cccc(NC2=C(Cl)C(=O)N(c3ccc(Br)cc3)C2=O)c1)N1CCCCCC1. The fraction of sp³-hybridized carbons (Fsp3) is 0.261. The van der Waals surface area contributed by atoms with E-state index in [9.17, 15) is 14.4 Å². The molecule has 6 nitrogen and oxygen atoms in total. The average Bonchev–Trinajstić information content (AvgIpc) is 2.98. The van der Waals surface area contributed by atoms with Crippen LogP contribution >= 0.6 is 27.5 Å². The summed E-state index contributed by atoms with van der Waals surface area (Å²) in [6.45, 7) is 1.51. The number of hydrogen-bond acceptors (Lipinski definition) is 4. The number of carbonyl (C=O) groups is 3. The zero-order chi connectivity index (χ0) is 22.0. The van der Waals surface area contributed by atoms with Crippen molar-refractivity contribution in [3.63, 3.8) is 0 Å². The Morgan fingerprint density at radius 2 is 1.61 bits per heavy atom. The van der Waals surface area contributed by atoms with Crippen molar-refractivity contribution in [3.05, 3.63) is 69.3 Å². The largest absolute Gasteiger partial charge is 0.350 e. The van der Waals surface area contributed by atoms with E-state index < -0.39 is 11.8 Å². The van der Waals surface area contributed by atoms with E-state index in [1.165, 1.54) is 0 Å². The highest BCUT2D eigenvalue weighted by Gasteiger charge is 2.39. The van der Waals surface area contributed by atoms with E-state index in [2.05, 4.69) is 21.2 Å². The standard InChI is InChI=1S/C23H21BrClN3O3/c24-16-8-10-18(11-9-16)28-22(30)19(25)20(23(28)31)26-17-7-5-6-15(14-17)21(29)27-12-3-1-2-4-13-27/h5-11,14,26H,1-4,12-13H2. The van der Waals surface area contributed by atoms with Gasteiger partial charge in [-0.3, -0.25) is 14.4 Å². The third-order valence-electron chi connectivity index (χ3n) is 5.38. The molecule has 8 heteroatoms. The predicted octanol–water partition coefficient (Wildman–Crippen LogP) is 4.90. The molecule has 2 aromatic carbocycles. The summed E-state index contributed by atoms with van der Waals surface area (Å²) in [7, 11) is 0. The molecule has 0 bridgehead atoms. The molecule has 0 spiro atoms. The molecule has 1 fully saturated rings.